The summed E-state index contributed by atoms with van der Waals surface area (Å²) >= 11 is 0. The van der Waals surface area contributed by atoms with Crippen molar-refractivity contribution in [1.82, 2.24) is 15.3 Å². The van der Waals surface area contributed by atoms with E-state index in [4.69, 9.17) is 4.74 Å². The van der Waals surface area contributed by atoms with Gasteiger partial charge in [-0.1, -0.05) is 6.08 Å². The summed E-state index contributed by atoms with van der Waals surface area (Å²) in [5, 5.41) is 3.23. The molecule has 0 amide bonds. The van der Waals surface area contributed by atoms with Crippen LogP contribution < -0.4 is 10.1 Å². The van der Waals surface area contributed by atoms with E-state index in [1.807, 2.05) is 0 Å². The first-order chi connectivity index (χ1) is 7.75. The van der Waals surface area contributed by atoms with Crippen molar-refractivity contribution in [1.29, 1.82) is 0 Å². The van der Waals surface area contributed by atoms with Gasteiger partial charge in [-0.2, -0.15) is 0 Å². The van der Waals surface area contributed by atoms with Gasteiger partial charge in [0.25, 0.3) is 0 Å². The minimum atomic E-state index is -0.386. The molecule has 2 heterocycles. The fraction of sp³-hybridized carbons (Fsp3) is 0.364. The molecule has 1 N–H and O–H groups in total. The molecule has 1 aliphatic heterocycles. The van der Waals surface area contributed by atoms with E-state index in [1.54, 1.807) is 6.20 Å². The number of carbonyl (C=O) groups excluding carboxylic acids is 1. The van der Waals surface area contributed by atoms with Crippen LogP contribution in [0.3, 0.4) is 0 Å². The van der Waals surface area contributed by atoms with Crippen LogP contribution in [0.15, 0.2) is 18.5 Å². The van der Waals surface area contributed by atoms with Gasteiger partial charge in [-0.05, 0) is 18.5 Å². The third kappa shape index (κ3) is 2.64. The molecule has 0 aromatic carbocycles. The molecule has 0 radical (unpaired) electrons. The molecule has 1 aliphatic rings. The van der Waals surface area contributed by atoms with E-state index in [-0.39, 0.29) is 11.8 Å². The predicted octanol–water partition coefficient (Wildman–Crippen LogP) is 0.779. The van der Waals surface area contributed by atoms with Gasteiger partial charge >= 0.3 is 5.97 Å². The summed E-state index contributed by atoms with van der Waals surface area (Å²) in [4.78, 5) is 18.9. The topological polar surface area (TPSA) is 64.1 Å². The second-order valence-corrected chi connectivity index (χ2v) is 3.52. The Hall–Kier alpha value is -1.75. The smallest absolute Gasteiger partial charge is 0.309 e. The minimum Gasteiger partial charge on any atom is -0.406 e. The van der Waals surface area contributed by atoms with Crippen LogP contribution in [0.1, 0.15) is 19.0 Å². The highest BCUT2D eigenvalue weighted by atomic mass is 16.5. The van der Waals surface area contributed by atoms with Crippen LogP contribution in [0.5, 0.6) is 5.88 Å². The van der Waals surface area contributed by atoms with Gasteiger partial charge in [-0.25, -0.2) is 9.97 Å². The Balaban J connectivity index is 2.12. The predicted molar refractivity (Wildman–Crippen MR) is 58.8 cm³/mol. The fourth-order valence-electron chi connectivity index (χ4n) is 1.54. The van der Waals surface area contributed by atoms with Gasteiger partial charge in [-0.3, -0.25) is 4.79 Å². The molecule has 5 nitrogen and oxygen atoms in total. The lowest BCUT2D eigenvalue weighted by molar-refractivity contribution is -0.132. The molecule has 1 aromatic rings. The van der Waals surface area contributed by atoms with Crippen LogP contribution in [-0.2, 0) is 4.79 Å². The zero-order valence-electron chi connectivity index (χ0n) is 9.06. The molecule has 2 rings (SSSR count). The molecule has 16 heavy (non-hydrogen) atoms. The number of nitrogens with zero attached hydrogens (tertiary/aromatic N) is 2. The van der Waals surface area contributed by atoms with Gasteiger partial charge in [0.05, 0.1) is 18.1 Å². The molecule has 1 aromatic heterocycles. The second-order valence-electron chi connectivity index (χ2n) is 3.52. The lowest BCUT2D eigenvalue weighted by atomic mass is 10.1. The largest absolute Gasteiger partial charge is 0.406 e. The molecular formula is C11H13N3O2. The maximum absolute atomic E-state index is 10.7. The van der Waals surface area contributed by atoms with Crippen LogP contribution in [0.25, 0.3) is 5.57 Å². The number of carbonyl (C=O) groups is 1. The quantitative estimate of drug-likeness (QED) is 0.744. The molecule has 0 spiro atoms. The summed E-state index contributed by atoms with van der Waals surface area (Å²) in [6.07, 6.45) is 6.15. The Morgan fingerprint density at radius 1 is 1.44 bits per heavy atom. The third-order valence-corrected chi connectivity index (χ3v) is 2.27. The van der Waals surface area contributed by atoms with Crippen molar-refractivity contribution in [2.45, 2.75) is 13.3 Å². The minimum absolute atomic E-state index is 0.241. The highest BCUT2D eigenvalue weighted by molar-refractivity contribution is 5.68. The first-order valence-electron chi connectivity index (χ1n) is 5.16. The van der Waals surface area contributed by atoms with E-state index in [9.17, 15) is 4.79 Å². The number of rotatable bonds is 2. The standard InChI is InChI=1S/C11H13N3O2/c1-8(15)16-11-7-13-10(6-14-11)9-2-4-12-5-3-9/h2,6-7,12H,3-5H2,1H3. The van der Waals surface area contributed by atoms with Crippen molar-refractivity contribution < 1.29 is 9.53 Å². The maximum Gasteiger partial charge on any atom is 0.309 e. The van der Waals surface area contributed by atoms with Crippen molar-refractivity contribution in [3.63, 3.8) is 0 Å². The number of aromatic nitrogens is 2. The van der Waals surface area contributed by atoms with Crippen LogP contribution >= 0.6 is 0 Å². The Kier molecular flexibility index (Phi) is 3.26. The van der Waals surface area contributed by atoms with Gasteiger partial charge in [0, 0.05) is 13.5 Å². The molecular weight excluding hydrogens is 206 g/mol. The summed E-state index contributed by atoms with van der Waals surface area (Å²) < 4.78 is 4.81. The number of esters is 1. The van der Waals surface area contributed by atoms with Crippen LogP contribution in [0, 0.1) is 0 Å². The number of nitrogens with one attached hydrogen (secondary N) is 1. The van der Waals surface area contributed by atoms with Crippen molar-refractivity contribution in [2.24, 2.45) is 0 Å². The average Bonchev–Trinajstić information content (AvgIpc) is 2.30. The Bertz CT molecular complexity index is 412. The highest BCUT2D eigenvalue weighted by Gasteiger charge is 2.08. The summed E-state index contributed by atoms with van der Waals surface area (Å²) in [5.74, 6) is -0.145. The maximum atomic E-state index is 10.7. The zero-order valence-corrected chi connectivity index (χ0v) is 9.06. The lowest BCUT2D eigenvalue weighted by Gasteiger charge is -2.12. The van der Waals surface area contributed by atoms with Gasteiger partial charge < -0.3 is 10.1 Å². The van der Waals surface area contributed by atoms with Crippen molar-refractivity contribution in [3.8, 4) is 5.88 Å². The monoisotopic (exact) mass is 219 g/mol. The van der Waals surface area contributed by atoms with E-state index in [0.29, 0.717) is 0 Å². The average molecular weight is 219 g/mol. The third-order valence-electron chi connectivity index (χ3n) is 2.27. The van der Waals surface area contributed by atoms with Gasteiger partial charge in [-0.15, -0.1) is 0 Å². The number of hydrogen-bond acceptors (Lipinski definition) is 5. The van der Waals surface area contributed by atoms with Gasteiger partial charge in [0.2, 0.25) is 5.88 Å². The van der Waals surface area contributed by atoms with Crippen molar-refractivity contribution in [2.75, 3.05) is 13.1 Å². The zero-order chi connectivity index (χ0) is 11.4. The first-order valence-corrected chi connectivity index (χ1v) is 5.16. The normalized spacial score (nSPS) is 15.4. The summed E-state index contributed by atoms with van der Waals surface area (Å²) in [7, 11) is 0. The Morgan fingerprint density at radius 2 is 2.31 bits per heavy atom. The van der Waals surface area contributed by atoms with Crippen molar-refractivity contribution in [3.05, 3.63) is 24.2 Å². The SMILES string of the molecule is CC(=O)Oc1cnc(C2=CCNCC2)cn1. The van der Waals surface area contributed by atoms with Crippen LogP contribution in [0.4, 0.5) is 0 Å². The molecule has 0 saturated heterocycles. The van der Waals surface area contributed by atoms with Gasteiger partial charge in [0.1, 0.15) is 0 Å². The molecule has 0 saturated carbocycles. The van der Waals surface area contributed by atoms with E-state index in [1.165, 1.54) is 18.7 Å². The number of ether oxygens (including phenoxy) is 1. The summed E-state index contributed by atoms with van der Waals surface area (Å²) in [6.45, 7) is 3.16. The molecule has 0 atom stereocenters. The summed E-state index contributed by atoms with van der Waals surface area (Å²) in [6, 6.07) is 0. The van der Waals surface area contributed by atoms with Crippen molar-refractivity contribution >= 4 is 11.5 Å². The Labute approximate surface area is 93.6 Å². The van der Waals surface area contributed by atoms with Crippen LogP contribution in [0.2, 0.25) is 0 Å². The molecule has 0 aliphatic carbocycles. The summed E-state index contributed by atoms with van der Waals surface area (Å²) in [5.41, 5.74) is 2.03. The van der Waals surface area contributed by atoms with E-state index in [0.717, 1.165) is 25.2 Å². The second kappa shape index (κ2) is 4.85. The van der Waals surface area contributed by atoms with Gasteiger partial charge in [0.15, 0.2) is 0 Å². The number of hydrogen-bond donors (Lipinski definition) is 1. The van der Waals surface area contributed by atoms with E-state index >= 15 is 0 Å². The lowest BCUT2D eigenvalue weighted by Crippen LogP contribution is -2.20. The highest BCUT2D eigenvalue weighted by Crippen LogP contribution is 2.17. The fourth-order valence-corrected chi connectivity index (χ4v) is 1.54. The molecule has 5 heteroatoms. The molecule has 0 bridgehead atoms. The van der Waals surface area contributed by atoms with E-state index in [2.05, 4.69) is 21.4 Å². The first kappa shape index (κ1) is 10.8. The van der Waals surface area contributed by atoms with Crippen LogP contribution in [-0.4, -0.2) is 29.0 Å². The molecule has 0 unspecified atom stereocenters. The molecule has 84 valence electrons. The molecule has 0 fully saturated rings. The van der Waals surface area contributed by atoms with E-state index < -0.39 is 0 Å². The Morgan fingerprint density at radius 3 is 2.88 bits per heavy atom.